The topological polar surface area (TPSA) is 42.8 Å². The number of rotatable bonds is 6. The van der Waals surface area contributed by atoms with Gasteiger partial charge < -0.3 is 15.0 Å². The van der Waals surface area contributed by atoms with Gasteiger partial charge in [0.1, 0.15) is 18.8 Å². The van der Waals surface area contributed by atoms with Crippen molar-refractivity contribution in [1.82, 2.24) is 5.32 Å². The predicted octanol–water partition coefficient (Wildman–Crippen LogP) is -0.0115. The molecule has 2 N–H and O–H groups in total. The number of benzene rings is 1. The maximum atomic E-state index is 11.7. The first-order chi connectivity index (χ1) is 8.74. The average Bonchev–Trinajstić information content (AvgIpc) is 3.16. The number of nitrogens with one attached hydrogen (secondary N) is 2. The fourth-order valence-corrected chi connectivity index (χ4v) is 2.05. The lowest BCUT2D eigenvalue weighted by Gasteiger charge is -2.03. The number of amides is 1. The normalized spacial score (nSPS) is 21.4. The van der Waals surface area contributed by atoms with Crippen molar-refractivity contribution in [1.29, 1.82) is 0 Å². The van der Waals surface area contributed by atoms with E-state index in [-0.39, 0.29) is 11.9 Å². The van der Waals surface area contributed by atoms with Gasteiger partial charge in [-0.1, -0.05) is 6.92 Å². The lowest BCUT2D eigenvalue weighted by molar-refractivity contribution is -0.784. The zero-order valence-electron chi connectivity index (χ0n) is 11.0. The summed E-state index contributed by atoms with van der Waals surface area (Å²) in [4.78, 5) is 13.1. The van der Waals surface area contributed by atoms with Crippen molar-refractivity contribution in [3.05, 3.63) is 29.8 Å². The van der Waals surface area contributed by atoms with E-state index in [9.17, 15) is 4.79 Å². The highest BCUT2D eigenvalue weighted by atomic mass is 16.5. The van der Waals surface area contributed by atoms with Crippen molar-refractivity contribution in [2.24, 2.45) is 0 Å². The quantitative estimate of drug-likeness (QED) is 0.696. The van der Waals surface area contributed by atoms with E-state index in [2.05, 4.69) is 24.4 Å². The first-order valence-electron chi connectivity index (χ1n) is 6.49. The average molecular weight is 249 g/mol. The summed E-state index contributed by atoms with van der Waals surface area (Å²) in [6.07, 6.45) is 0.992. The molecule has 1 saturated heterocycles. The van der Waals surface area contributed by atoms with Gasteiger partial charge in [-0.3, -0.25) is 4.79 Å². The van der Waals surface area contributed by atoms with E-state index < -0.39 is 0 Å². The van der Waals surface area contributed by atoms with E-state index in [4.69, 9.17) is 4.74 Å². The fourth-order valence-electron chi connectivity index (χ4n) is 2.05. The zero-order chi connectivity index (χ0) is 13.0. The van der Waals surface area contributed by atoms with E-state index >= 15 is 0 Å². The molecule has 1 heterocycles. The van der Waals surface area contributed by atoms with Crippen LogP contribution in [0.4, 0.5) is 0 Å². The molecule has 0 aromatic heterocycles. The highest BCUT2D eigenvalue weighted by Gasteiger charge is 2.46. The van der Waals surface area contributed by atoms with Gasteiger partial charge in [-0.05, 0) is 30.7 Å². The molecule has 1 aliphatic rings. The van der Waals surface area contributed by atoms with Gasteiger partial charge in [-0.25, -0.2) is 0 Å². The molecule has 1 aromatic carbocycles. The van der Waals surface area contributed by atoms with Gasteiger partial charge in [0.25, 0.3) is 5.91 Å². The summed E-state index contributed by atoms with van der Waals surface area (Å²) in [5.74, 6) is 1.07. The standard InChI is InChI=1S/C14H20N2O2/c1-3-8-15-14(17)13-10-16(13)9-11-4-6-12(18-2)7-5-11/h4-7,13H,3,8-10H2,1-2H3,(H,15,17)/p+1/t13-,16?/m0/s1. The number of methoxy groups -OCH3 is 1. The summed E-state index contributed by atoms with van der Waals surface area (Å²) in [6, 6.07) is 8.20. The van der Waals surface area contributed by atoms with Crippen LogP contribution in [0.2, 0.25) is 0 Å². The van der Waals surface area contributed by atoms with Gasteiger partial charge in [0.05, 0.1) is 7.11 Å². The molecule has 2 rings (SSSR count). The second-order valence-corrected chi connectivity index (χ2v) is 4.73. The number of quaternary nitrogens is 1. The SMILES string of the molecule is CCCNC(=O)[C@@H]1C[NH+]1Cc1ccc(OC)cc1. The van der Waals surface area contributed by atoms with Gasteiger partial charge in [0.2, 0.25) is 6.04 Å². The van der Waals surface area contributed by atoms with Crippen LogP contribution < -0.4 is 15.0 Å². The van der Waals surface area contributed by atoms with Gasteiger partial charge in [0, 0.05) is 12.1 Å². The summed E-state index contributed by atoms with van der Waals surface area (Å²) >= 11 is 0. The Kier molecular flexibility index (Phi) is 4.20. The minimum absolute atomic E-state index is 0.152. The molecule has 4 nitrogen and oxygen atoms in total. The Labute approximate surface area is 108 Å². The Morgan fingerprint density at radius 2 is 2.17 bits per heavy atom. The van der Waals surface area contributed by atoms with Crippen LogP contribution in [0, 0.1) is 0 Å². The molecule has 1 aliphatic heterocycles. The summed E-state index contributed by atoms with van der Waals surface area (Å²) < 4.78 is 5.12. The second-order valence-electron chi connectivity index (χ2n) is 4.73. The number of carbonyl (C=O) groups is 1. The Hall–Kier alpha value is -1.55. The van der Waals surface area contributed by atoms with Crippen molar-refractivity contribution in [2.45, 2.75) is 25.9 Å². The van der Waals surface area contributed by atoms with E-state index in [1.54, 1.807) is 7.11 Å². The third-order valence-electron chi connectivity index (χ3n) is 3.25. The molecule has 4 heteroatoms. The molecule has 98 valence electrons. The van der Waals surface area contributed by atoms with E-state index in [1.165, 1.54) is 10.5 Å². The minimum atomic E-state index is 0.152. The number of ether oxygens (including phenoxy) is 1. The molecule has 1 amide bonds. The summed E-state index contributed by atoms with van der Waals surface area (Å²) in [5.41, 5.74) is 1.25. The van der Waals surface area contributed by atoms with E-state index in [1.807, 2.05) is 12.1 Å². The van der Waals surface area contributed by atoms with Gasteiger partial charge >= 0.3 is 0 Å². The predicted molar refractivity (Wildman–Crippen MR) is 69.6 cm³/mol. The molecule has 18 heavy (non-hydrogen) atoms. The number of hydrogen-bond donors (Lipinski definition) is 2. The van der Waals surface area contributed by atoms with Crippen molar-refractivity contribution >= 4 is 5.91 Å². The van der Waals surface area contributed by atoms with Crippen LogP contribution in [0.15, 0.2) is 24.3 Å². The third kappa shape index (κ3) is 3.23. The molecular formula is C14H21N2O2+. The van der Waals surface area contributed by atoms with Crippen LogP contribution in [0.25, 0.3) is 0 Å². The Morgan fingerprint density at radius 1 is 1.44 bits per heavy atom. The van der Waals surface area contributed by atoms with Crippen LogP contribution >= 0.6 is 0 Å². The van der Waals surface area contributed by atoms with E-state index in [0.29, 0.717) is 0 Å². The molecule has 1 aromatic rings. The first kappa shape index (κ1) is 12.9. The van der Waals surface area contributed by atoms with Gasteiger partial charge in [-0.2, -0.15) is 0 Å². The van der Waals surface area contributed by atoms with Crippen molar-refractivity contribution < 1.29 is 14.4 Å². The molecule has 0 radical (unpaired) electrons. The van der Waals surface area contributed by atoms with Crippen molar-refractivity contribution in [3.8, 4) is 5.75 Å². The third-order valence-corrected chi connectivity index (χ3v) is 3.25. The molecule has 1 fully saturated rings. The fraction of sp³-hybridized carbons (Fsp3) is 0.500. The molecule has 2 atom stereocenters. The minimum Gasteiger partial charge on any atom is -0.497 e. The van der Waals surface area contributed by atoms with Crippen molar-refractivity contribution in [2.75, 3.05) is 20.2 Å². The van der Waals surface area contributed by atoms with Gasteiger partial charge in [-0.15, -0.1) is 0 Å². The number of carbonyl (C=O) groups excluding carboxylic acids is 1. The van der Waals surface area contributed by atoms with Crippen LogP contribution in [-0.4, -0.2) is 32.1 Å². The van der Waals surface area contributed by atoms with Crippen LogP contribution in [-0.2, 0) is 11.3 Å². The molecule has 0 bridgehead atoms. The zero-order valence-corrected chi connectivity index (χ0v) is 11.0. The maximum absolute atomic E-state index is 11.7. The highest BCUT2D eigenvalue weighted by molar-refractivity contribution is 5.81. The molecular weight excluding hydrogens is 228 g/mol. The monoisotopic (exact) mass is 249 g/mol. The largest absolute Gasteiger partial charge is 0.497 e. The van der Waals surface area contributed by atoms with Crippen molar-refractivity contribution in [3.63, 3.8) is 0 Å². The molecule has 0 saturated carbocycles. The van der Waals surface area contributed by atoms with E-state index in [0.717, 1.165) is 31.8 Å². The van der Waals surface area contributed by atoms with Gasteiger partial charge in [0.15, 0.2) is 0 Å². The Bertz CT molecular complexity index is 403. The first-order valence-corrected chi connectivity index (χ1v) is 6.49. The second kappa shape index (κ2) is 5.87. The summed E-state index contributed by atoms with van der Waals surface area (Å²) in [6.45, 7) is 4.70. The smallest absolute Gasteiger partial charge is 0.284 e. The summed E-state index contributed by atoms with van der Waals surface area (Å²) in [7, 11) is 1.67. The molecule has 0 spiro atoms. The molecule has 1 unspecified atom stereocenters. The van der Waals surface area contributed by atoms with Crippen LogP contribution in [0.3, 0.4) is 0 Å². The summed E-state index contributed by atoms with van der Waals surface area (Å²) in [5, 5.41) is 2.95. The van der Waals surface area contributed by atoms with Crippen LogP contribution in [0.5, 0.6) is 5.75 Å². The maximum Gasteiger partial charge on any atom is 0.284 e. The lowest BCUT2D eigenvalue weighted by Crippen LogP contribution is -2.93. The lowest BCUT2D eigenvalue weighted by atomic mass is 10.2. The molecule has 0 aliphatic carbocycles. The highest BCUT2D eigenvalue weighted by Crippen LogP contribution is 2.11. The Morgan fingerprint density at radius 3 is 2.78 bits per heavy atom. The Balaban J connectivity index is 1.79. The van der Waals surface area contributed by atoms with Crippen LogP contribution in [0.1, 0.15) is 18.9 Å². The number of hydrogen-bond acceptors (Lipinski definition) is 2.